The van der Waals surface area contributed by atoms with Gasteiger partial charge in [-0.15, -0.1) is 10.2 Å². The second-order valence-corrected chi connectivity index (χ2v) is 5.14. The van der Waals surface area contributed by atoms with Gasteiger partial charge >= 0.3 is 0 Å². The average molecular weight is 294 g/mol. The van der Waals surface area contributed by atoms with Crippen LogP contribution in [0.2, 0.25) is 0 Å². The lowest BCUT2D eigenvalue weighted by Crippen LogP contribution is -2.29. The molecule has 0 spiro atoms. The highest BCUT2D eigenvalue weighted by molar-refractivity contribution is 5.31. The number of rotatable bonds is 6. The summed E-state index contributed by atoms with van der Waals surface area (Å²) in [6.45, 7) is 2.77. The quantitative estimate of drug-likeness (QED) is 0.750. The van der Waals surface area contributed by atoms with Gasteiger partial charge in [-0.05, 0) is 19.1 Å². The van der Waals surface area contributed by atoms with Gasteiger partial charge in [0.15, 0.2) is 5.82 Å². The number of benzene rings is 1. The molecule has 6 nitrogen and oxygen atoms in total. The fourth-order valence-electron chi connectivity index (χ4n) is 2.27. The summed E-state index contributed by atoms with van der Waals surface area (Å²) >= 11 is 0. The Hall–Kier alpha value is -2.60. The Labute approximate surface area is 129 Å². The zero-order chi connectivity index (χ0) is 15.2. The predicted molar refractivity (Wildman–Crippen MR) is 83.4 cm³/mol. The summed E-state index contributed by atoms with van der Waals surface area (Å²) in [5.41, 5.74) is 2.04. The Morgan fingerprint density at radius 3 is 2.82 bits per heavy atom. The SMILES string of the molecule is CC(Cc1cnccn1)NCc1nncn1-c1ccccc1. The molecule has 0 aliphatic rings. The van der Waals surface area contributed by atoms with E-state index in [1.807, 2.05) is 34.9 Å². The molecule has 2 aromatic heterocycles. The Morgan fingerprint density at radius 1 is 1.18 bits per heavy atom. The van der Waals surface area contributed by atoms with Gasteiger partial charge < -0.3 is 5.32 Å². The van der Waals surface area contributed by atoms with Crippen LogP contribution in [0.3, 0.4) is 0 Å². The molecule has 0 radical (unpaired) electrons. The van der Waals surface area contributed by atoms with Crippen LogP contribution in [0.15, 0.2) is 55.2 Å². The van der Waals surface area contributed by atoms with E-state index < -0.39 is 0 Å². The fourth-order valence-corrected chi connectivity index (χ4v) is 2.27. The van der Waals surface area contributed by atoms with Gasteiger partial charge in [-0.25, -0.2) is 0 Å². The molecule has 0 aliphatic carbocycles. The smallest absolute Gasteiger partial charge is 0.151 e. The van der Waals surface area contributed by atoms with Crippen molar-refractivity contribution >= 4 is 0 Å². The second kappa shape index (κ2) is 6.91. The third kappa shape index (κ3) is 3.53. The number of hydrogen-bond donors (Lipinski definition) is 1. The molecule has 2 heterocycles. The van der Waals surface area contributed by atoms with Crippen LogP contribution in [0.4, 0.5) is 0 Å². The minimum absolute atomic E-state index is 0.276. The third-order valence-electron chi connectivity index (χ3n) is 3.39. The van der Waals surface area contributed by atoms with Gasteiger partial charge in [0.25, 0.3) is 0 Å². The lowest BCUT2D eigenvalue weighted by Gasteiger charge is -2.13. The molecular weight excluding hydrogens is 276 g/mol. The van der Waals surface area contributed by atoms with Crippen molar-refractivity contribution in [2.24, 2.45) is 0 Å². The van der Waals surface area contributed by atoms with Crippen LogP contribution in [-0.4, -0.2) is 30.8 Å². The van der Waals surface area contributed by atoms with E-state index in [0.717, 1.165) is 23.6 Å². The molecule has 0 aliphatic heterocycles. The first-order chi connectivity index (χ1) is 10.8. The lowest BCUT2D eigenvalue weighted by atomic mass is 10.2. The van der Waals surface area contributed by atoms with Crippen LogP contribution < -0.4 is 5.32 Å². The Balaban J connectivity index is 1.62. The van der Waals surface area contributed by atoms with Crippen LogP contribution in [-0.2, 0) is 13.0 Å². The first-order valence-corrected chi connectivity index (χ1v) is 7.25. The van der Waals surface area contributed by atoms with Gasteiger partial charge in [0, 0.05) is 36.7 Å². The van der Waals surface area contributed by atoms with E-state index >= 15 is 0 Å². The molecular formula is C16H18N6. The summed E-state index contributed by atoms with van der Waals surface area (Å²) in [6.07, 6.45) is 7.76. The molecule has 0 amide bonds. The van der Waals surface area contributed by atoms with Gasteiger partial charge in [-0.3, -0.25) is 14.5 Å². The minimum Gasteiger partial charge on any atom is -0.307 e. The maximum atomic E-state index is 4.29. The van der Waals surface area contributed by atoms with Crippen molar-refractivity contribution in [2.75, 3.05) is 0 Å². The molecule has 1 atom stereocenters. The predicted octanol–water partition coefficient (Wildman–Crippen LogP) is 1.78. The maximum Gasteiger partial charge on any atom is 0.151 e. The first kappa shape index (κ1) is 14.3. The summed E-state index contributed by atoms with van der Waals surface area (Å²) < 4.78 is 1.99. The molecule has 0 bridgehead atoms. The molecule has 22 heavy (non-hydrogen) atoms. The van der Waals surface area contributed by atoms with E-state index in [1.165, 1.54) is 0 Å². The van der Waals surface area contributed by atoms with Crippen molar-refractivity contribution in [3.8, 4) is 5.69 Å². The zero-order valence-electron chi connectivity index (χ0n) is 12.4. The van der Waals surface area contributed by atoms with Crippen molar-refractivity contribution in [3.05, 3.63) is 66.8 Å². The average Bonchev–Trinajstić information content (AvgIpc) is 3.03. The molecule has 1 N–H and O–H groups in total. The lowest BCUT2D eigenvalue weighted by molar-refractivity contribution is 0.524. The van der Waals surface area contributed by atoms with E-state index in [4.69, 9.17) is 0 Å². The highest BCUT2D eigenvalue weighted by Crippen LogP contribution is 2.09. The normalized spacial score (nSPS) is 12.2. The summed E-state index contributed by atoms with van der Waals surface area (Å²) in [5.74, 6) is 0.886. The maximum absolute atomic E-state index is 4.29. The van der Waals surface area contributed by atoms with Crippen molar-refractivity contribution in [1.29, 1.82) is 0 Å². The number of para-hydroxylation sites is 1. The summed E-state index contributed by atoms with van der Waals surface area (Å²) in [5, 5.41) is 11.7. The highest BCUT2D eigenvalue weighted by atomic mass is 15.3. The van der Waals surface area contributed by atoms with Gasteiger partial charge in [-0.2, -0.15) is 0 Å². The van der Waals surface area contributed by atoms with Crippen molar-refractivity contribution in [1.82, 2.24) is 30.0 Å². The molecule has 3 aromatic rings. The molecule has 0 fully saturated rings. The van der Waals surface area contributed by atoms with Gasteiger partial charge in [0.2, 0.25) is 0 Å². The topological polar surface area (TPSA) is 68.5 Å². The second-order valence-electron chi connectivity index (χ2n) is 5.14. The first-order valence-electron chi connectivity index (χ1n) is 7.25. The molecule has 0 saturated carbocycles. The Morgan fingerprint density at radius 2 is 2.05 bits per heavy atom. The zero-order valence-corrected chi connectivity index (χ0v) is 12.4. The van der Waals surface area contributed by atoms with E-state index in [2.05, 4.69) is 32.4 Å². The molecule has 6 heteroatoms. The van der Waals surface area contributed by atoms with E-state index in [-0.39, 0.29) is 6.04 Å². The van der Waals surface area contributed by atoms with E-state index in [9.17, 15) is 0 Å². The Bertz CT molecular complexity index is 695. The van der Waals surface area contributed by atoms with Gasteiger partial charge in [-0.1, -0.05) is 18.2 Å². The standard InChI is InChI=1S/C16H18N6/c1-13(9-14-10-17-7-8-18-14)19-11-16-21-20-12-22(16)15-5-3-2-4-6-15/h2-8,10,12-13,19H,9,11H2,1H3. The number of aromatic nitrogens is 5. The number of nitrogens with one attached hydrogen (secondary N) is 1. The minimum atomic E-state index is 0.276. The van der Waals surface area contributed by atoms with Crippen LogP contribution in [0, 0.1) is 0 Å². The summed E-state index contributed by atoms with van der Waals surface area (Å²) in [7, 11) is 0. The fraction of sp³-hybridized carbons (Fsp3) is 0.250. The summed E-state index contributed by atoms with van der Waals surface area (Å²) in [6, 6.07) is 10.4. The molecule has 1 unspecified atom stereocenters. The molecule has 3 rings (SSSR count). The van der Waals surface area contributed by atoms with Crippen molar-refractivity contribution in [3.63, 3.8) is 0 Å². The van der Waals surface area contributed by atoms with Crippen molar-refractivity contribution < 1.29 is 0 Å². The van der Waals surface area contributed by atoms with Gasteiger partial charge in [0.1, 0.15) is 6.33 Å². The monoisotopic (exact) mass is 294 g/mol. The number of hydrogen-bond acceptors (Lipinski definition) is 5. The van der Waals surface area contributed by atoms with Crippen molar-refractivity contribution in [2.45, 2.75) is 25.9 Å². The largest absolute Gasteiger partial charge is 0.307 e. The third-order valence-corrected chi connectivity index (χ3v) is 3.39. The molecule has 0 saturated heterocycles. The van der Waals surface area contributed by atoms with Crippen LogP contribution in [0.5, 0.6) is 0 Å². The van der Waals surface area contributed by atoms with Gasteiger partial charge in [0.05, 0.1) is 12.2 Å². The van der Waals surface area contributed by atoms with Crippen LogP contribution >= 0.6 is 0 Å². The highest BCUT2D eigenvalue weighted by Gasteiger charge is 2.09. The summed E-state index contributed by atoms with van der Waals surface area (Å²) in [4.78, 5) is 8.38. The van der Waals surface area contributed by atoms with Crippen LogP contribution in [0.1, 0.15) is 18.4 Å². The van der Waals surface area contributed by atoms with E-state index in [0.29, 0.717) is 6.54 Å². The molecule has 1 aromatic carbocycles. The van der Waals surface area contributed by atoms with Crippen LogP contribution in [0.25, 0.3) is 5.69 Å². The molecule has 112 valence electrons. The number of nitrogens with zero attached hydrogens (tertiary/aromatic N) is 5. The van der Waals surface area contributed by atoms with E-state index in [1.54, 1.807) is 24.9 Å². The Kier molecular flexibility index (Phi) is 4.50.